The number of para-hydroxylation sites is 1. The molecular weight excluding hydrogens is 419 g/mol. The highest BCUT2D eigenvalue weighted by molar-refractivity contribution is 6.42. The molecule has 0 atom stereocenters. The van der Waals surface area contributed by atoms with Crippen molar-refractivity contribution in [1.82, 2.24) is 9.97 Å². The van der Waals surface area contributed by atoms with E-state index in [0.717, 1.165) is 33.5 Å². The van der Waals surface area contributed by atoms with Crippen LogP contribution in [-0.4, -0.2) is 22.8 Å². The van der Waals surface area contributed by atoms with Crippen LogP contribution in [-0.2, 0) is 0 Å². The normalized spacial score (nSPS) is 11.5. The molecule has 0 saturated carbocycles. The van der Waals surface area contributed by atoms with Crippen molar-refractivity contribution < 1.29 is 4.74 Å². The van der Waals surface area contributed by atoms with Gasteiger partial charge in [0.25, 0.3) is 0 Å². The number of nitrogens with zero attached hydrogens (tertiary/aromatic N) is 3. The number of ether oxygens (including phenoxy) is 1. The lowest BCUT2D eigenvalue weighted by Crippen LogP contribution is -2.03. The smallest absolute Gasteiger partial charge is 0.162 e. The van der Waals surface area contributed by atoms with Crippen molar-refractivity contribution in [3.05, 3.63) is 82.3 Å². The number of methoxy groups -OCH3 is 1. The van der Waals surface area contributed by atoms with Gasteiger partial charge in [0, 0.05) is 10.9 Å². The summed E-state index contributed by atoms with van der Waals surface area (Å²) >= 11 is 12.1. The Hall–Kier alpha value is -3.15. The molecule has 7 heteroatoms. The highest BCUT2D eigenvalue weighted by Gasteiger charge is 2.10. The minimum Gasteiger partial charge on any atom is -0.497 e. The van der Waals surface area contributed by atoms with Crippen LogP contribution in [0, 0.1) is 0 Å². The van der Waals surface area contributed by atoms with Gasteiger partial charge in [0.1, 0.15) is 5.75 Å². The third-order valence-corrected chi connectivity index (χ3v) is 5.36. The van der Waals surface area contributed by atoms with Crippen molar-refractivity contribution in [3.63, 3.8) is 0 Å². The van der Waals surface area contributed by atoms with Gasteiger partial charge in [-0.3, -0.25) is 5.43 Å². The number of halogens is 2. The van der Waals surface area contributed by atoms with Crippen LogP contribution in [0.3, 0.4) is 0 Å². The Morgan fingerprint density at radius 1 is 0.933 bits per heavy atom. The van der Waals surface area contributed by atoms with Gasteiger partial charge in [0.05, 0.1) is 28.4 Å². The largest absolute Gasteiger partial charge is 0.497 e. The molecule has 1 aromatic heterocycles. The average Bonchev–Trinajstić information content (AvgIpc) is 2.79. The fourth-order valence-electron chi connectivity index (χ4n) is 2.95. The number of anilines is 1. The van der Waals surface area contributed by atoms with E-state index in [1.54, 1.807) is 19.2 Å². The van der Waals surface area contributed by atoms with Gasteiger partial charge in [-0.15, -0.1) is 0 Å². The van der Waals surface area contributed by atoms with Gasteiger partial charge in [-0.05, 0) is 61.0 Å². The second-order valence-electron chi connectivity index (χ2n) is 6.58. The van der Waals surface area contributed by atoms with Crippen molar-refractivity contribution in [2.24, 2.45) is 5.10 Å². The Balaban J connectivity index is 1.72. The Kier molecular flexibility index (Phi) is 5.84. The molecule has 0 saturated heterocycles. The maximum atomic E-state index is 6.13. The van der Waals surface area contributed by atoms with Gasteiger partial charge in [0.15, 0.2) is 11.6 Å². The van der Waals surface area contributed by atoms with E-state index in [1.165, 1.54) is 0 Å². The molecular formula is C23H18Cl2N4O. The molecule has 0 fully saturated rings. The summed E-state index contributed by atoms with van der Waals surface area (Å²) in [6.45, 7) is 1.89. The van der Waals surface area contributed by atoms with Crippen LogP contribution < -0.4 is 10.2 Å². The van der Waals surface area contributed by atoms with Crippen LogP contribution in [0.1, 0.15) is 12.5 Å². The molecule has 4 rings (SSSR count). The molecule has 0 amide bonds. The van der Waals surface area contributed by atoms with Gasteiger partial charge >= 0.3 is 0 Å². The monoisotopic (exact) mass is 436 g/mol. The summed E-state index contributed by atoms with van der Waals surface area (Å²) in [7, 11) is 1.64. The van der Waals surface area contributed by atoms with Gasteiger partial charge < -0.3 is 4.74 Å². The second-order valence-corrected chi connectivity index (χ2v) is 7.39. The summed E-state index contributed by atoms with van der Waals surface area (Å²) in [5, 5.41) is 6.37. The molecule has 1 heterocycles. The minimum atomic E-state index is 0.484. The Labute approximate surface area is 184 Å². The predicted molar refractivity (Wildman–Crippen MR) is 124 cm³/mol. The van der Waals surface area contributed by atoms with E-state index in [0.29, 0.717) is 21.7 Å². The van der Waals surface area contributed by atoms with E-state index in [4.69, 9.17) is 37.9 Å². The molecule has 0 radical (unpaired) electrons. The maximum Gasteiger partial charge on any atom is 0.162 e. The lowest BCUT2D eigenvalue weighted by atomic mass is 10.1. The fraction of sp³-hybridized carbons (Fsp3) is 0.0870. The number of hydrogen-bond donors (Lipinski definition) is 1. The first-order chi connectivity index (χ1) is 14.5. The summed E-state index contributed by atoms with van der Waals surface area (Å²) in [6, 6.07) is 20.8. The molecule has 0 aliphatic carbocycles. The lowest BCUT2D eigenvalue weighted by molar-refractivity contribution is 0.415. The summed E-state index contributed by atoms with van der Waals surface area (Å²) in [4.78, 5) is 9.40. The molecule has 0 bridgehead atoms. The first-order valence-corrected chi connectivity index (χ1v) is 9.97. The molecule has 150 valence electrons. The molecule has 0 aliphatic heterocycles. The van der Waals surface area contributed by atoms with E-state index >= 15 is 0 Å². The summed E-state index contributed by atoms with van der Waals surface area (Å²) < 4.78 is 5.23. The summed E-state index contributed by atoms with van der Waals surface area (Å²) in [6.07, 6.45) is 0. The highest BCUT2D eigenvalue weighted by atomic mass is 35.5. The van der Waals surface area contributed by atoms with Crippen LogP contribution in [0.2, 0.25) is 10.0 Å². The molecule has 0 aliphatic rings. The van der Waals surface area contributed by atoms with Crippen molar-refractivity contribution >= 4 is 45.6 Å². The SMILES string of the molecule is COc1ccc(-c2nc(N/N=C(\C)c3ccc(Cl)c(Cl)c3)c3ccccc3n2)cc1. The van der Waals surface area contributed by atoms with E-state index in [2.05, 4.69) is 10.5 Å². The number of nitrogens with one attached hydrogen (secondary N) is 1. The molecule has 30 heavy (non-hydrogen) atoms. The number of rotatable bonds is 5. The third-order valence-electron chi connectivity index (χ3n) is 4.62. The average molecular weight is 437 g/mol. The van der Waals surface area contributed by atoms with E-state index in [9.17, 15) is 0 Å². The van der Waals surface area contributed by atoms with Crippen LogP contribution in [0.25, 0.3) is 22.3 Å². The zero-order valence-corrected chi connectivity index (χ0v) is 17.9. The van der Waals surface area contributed by atoms with E-state index in [1.807, 2.05) is 61.5 Å². The van der Waals surface area contributed by atoms with Gasteiger partial charge in [-0.25, -0.2) is 9.97 Å². The minimum absolute atomic E-state index is 0.484. The predicted octanol–water partition coefficient (Wildman–Crippen LogP) is 6.45. The Bertz CT molecular complexity index is 1240. The standard InChI is InChI=1S/C23H18Cl2N4O/c1-14(16-9-12-19(24)20(25)13-16)28-29-23-18-5-3-4-6-21(18)26-22(27-23)15-7-10-17(30-2)11-8-15/h3-13H,1-2H3,(H,26,27,29)/b28-14+. The van der Waals surface area contributed by atoms with Crippen molar-refractivity contribution in [3.8, 4) is 17.1 Å². The van der Waals surface area contributed by atoms with E-state index < -0.39 is 0 Å². The lowest BCUT2D eigenvalue weighted by Gasteiger charge is -2.10. The topological polar surface area (TPSA) is 59.4 Å². The summed E-state index contributed by atoms with van der Waals surface area (Å²) in [5.41, 5.74) is 6.41. The second kappa shape index (κ2) is 8.69. The third kappa shape index (κ3) is 4.22. The zero-order valence-electron chi connectivity index (χ0n) is 16.4. The number of hydrazone groups is 1. The molecule has 5 nitrogen and oxygen atoms in total. The van der Waals surface area contributed by atoms with Gasteiger partial charge in [0.2, 0.25) is 0 Å². The van der Waals surface area contributed by atoms with Crippen molar-refractivity contribution in [2.75, 3.05) is 12.5 Å². The molecule has 0 spiro atoms. The van der Waals surface area contributed by atoms with Crippen LogP contribution in [0.5, 0.6) is 5.75 Å². The fourth-order valence-corrected chi connectivity index (χ4v) is 3.25. The van der Waals surface area contributed by atoms with Gasteiger partial charge in [-0.2, -0.15) is 5.10 Å². The number of benzene rings is 3. The van der Waals surface area contributed by atoms with Crippen LogP contribution >= 0.6 is 23.2 Å². The van der Waals surface area contributed by atoms with Crippen molar-refractivity contribution in [1.29, 1.82) is 0 Å². The first-order valence-electron chi connectivity index (χ1n) is 9.22. The number of fused-ring (bicyclic) bond motifs is 1. The highest BCUT2D eigenvalue weighted by Crippen LogP contribution is 2.27. The van der Waals surface area contributed by atoms with Crippen molar-refractivity contribution in [2.45, 2.75) is 6.92 Å². The molecule has 0 unspecified atom stereocenters. The molecule has 4 aromatic rings. The van der Waals surface area contributed by atoms with Crippen LogP contribution in [0.4, 0.5) is 5.82 Å². The Morgan fingerprint density at radius 2 is 1.70 bits per heavy atom. The van der Waals surface area contributed by atoms with Crippen LogP contribution in [0.15, 0.2) is 71.8 Å². The zero-order chi connectivity index (χ0) is 21.1. The molecule has 3 aromatic carbocycles. The Morgan fingerprint density at radius 3 is 2.43 bits per heavy atom. The number of hydrogen-bond acceptors (Lipinski definition) is 5. The first kappa shape index (κ1) is 20.1. The van der Waals surface area contributed by atoms with E-state index in [-0.39, 0.29) is 0 Å². The quantitative estimate of drug-likeness (QED) is 0.288. The maximum absolute atomic E-state index is 6.13. The number of aromatic nitrogens is 2. The summed E-state index contributed by atoms with van der Waals surface area (Å²) in [5.74, 6) is 1.99. The van der Waals surface area contributed by atoms with Gasteiger partial charge in [-0.1, -0.05) is 41.4 Å². The molecule has 1 N–H and O–H groups in total.